The summed E-state index contributed by atoms with van der Waals surface area (Å²) in [6.45, 7) is 4.46. The topological polar surface area (TPSA) is 38.3 Å². The van der Waals surface area contributed by atoms with Gasteiger partial charge in [-0.1, -0.05) is 6.92 Å². The second kappa shape index (κ2) is 5.82. The molecule has 0 saturated heterocycles. The number of hydrogen-bond acceptors (Lipinski definition) is 2. The Labute approximate surface area is 64.7 Å². The third-order valence-electron chi connectivity index (χ3n) is 1.20. The van der Waals surface area contributed by atoms with Crippen LogP contribution in [0.5, 0.6) is 0 Å². The minimum atomic E-state index is -0.879. The fourth-order valence-electron chi connectivity index (χ4n) is 0.396. The third kappa shape index (κ3) is 4.90. The molecule has 3 nitrogen and oxygen atoms in total. The zero-order valence-electron chi connectivity index (χ0n) is 6.72. The van der Waals surface area contributed by atoms with Crippen molar-refractivity contribution in [2.45, 2.75) is 20.0 Å². The molecule has 0 aromatic carbocycles. The number of rotatable bonds is 5. The maximum absolute atomic E-state index is 10.8. The smallest absolute Gasteiger partial charge is 0.0913 e. The molecule has 0 bridgehead atoms. The predicted octanol–water partition coefficient (Wildman–Crippen LogP) is 0.294. The molecule has 0 heterocycles. The van der Waals surface area contributed by atoms with Crippen LogP contribution in [0.3, 0.4) is 0 Å². The maximum atomic E-state index is 10.8. The predicted molar refractivity (Wildman–Crippen MR) is 43.2 cm³/mol. The van der Waals surface area contributed by atoms with Crippen LogP contribution in [-0.4, -0.2) is 29.7 Å². The molecule has 0 aromatic rings. The first-order valence-corrected chi connectivity index (χ1v) is 4.67. The van der Waals surface area contributed by atoms with Crippen LogP contribution in [0, 0.1) is 0 Å². The number of ether oxygens (including phenoxy) is 1. The highest BCUT2D eigenvalue weighted by molar-refractivity contribution is 7.82. The van der Waals surface area contributed by atoms with Gasteiger partial charge in [0.15, 0.2) is 0 Å². The first-order chi connectivity index (χ1) is 4.70. The lowest BCUT2D eigenvalue weighted by Crippen LogP contribution is -2.28. The lowest BCUT2D eigenvalue weighted by molar-refractivity contribution is 0.122. The van der Waals surface area contributed by atoms with E-state index in [4.69, 9.17) is 4.74 Å². The Balaban J connectivity index is 3.26. The molecule has 1 N–H and O–H groups in total. The number of methoxy groups -OCH3 is 1. The normalized spacial score (nSPS) is 16.7. The third-order valence-corrected chi connectivity index (χ3v) is 2.21. The second-order valence-corrected chi connectivity index (χ2v) is 3.59. The van der Waals surface area contributed by atoms with Crippen LogP contribution in [0.4, 0.5) is 0 Å². The van der Waals surface area contributed by atoms with Crippen molar-refractivity contribution >= 4 is 11.0 Å². The molecular formula is C6H15NO2S. The maximum Gasteiger partial charge on any atom is 0.0913 e. The summed E-state index contributed by atoms with van der Waals surface area (Å²) < 4.78 is 18.6. The summed E-state index contributed by atoms with van der Waals surface area (Å²) in [7, 11) is 0.761. The van der Waals surface area contributed by atoms with Gasteiger partial charge in [-0.25, -0.2) is 8.93 Å². The van der Waals surface area contributed by atoms with Gasteiger partial charge < -0.3 is 4.74 Å². The summed E-state index contributed by atoms with van der Waals surface area (Å²) in [4.78, 5) is 0. The number of hydrogen-bond donors (Lipinski definition) is 1. The van der Waals surface area contributed by atoms with Gasteiger partial charge in [-0.2, -0.15) is 0 Å². The van der Waals surface area contributed by atoms with Crippen LogP contribution in [0.15, 0.2) is 0 Å². The molecule has 0 aliphatic carbocycles. The standard InChI is InChI=1S/C6H15NO2S/c1-4-10(8)7-5-6(2)9-3/h6-7H,4-5H2,1-3H3. The van der Waals surface area contributed by atoms with Gasteiger partial charge in [-0.05, 0) is 6.92 Å². The van der Waals surface area contributed by atoms with Crippen LogP contribution in [0.25, 0.3) is 0 Å². The molecule has 0 fully saturated rings. The average molecular weight is 165 g/mol. The molecule has 0 aliphatic heterocycles. The monoisotopic (exact) mass is 165 g/mol. The Kier molecular flexibility index (Phi) is 5.87. The minimum Gasteiger partial charge on any atom is -0.380 e. The molecule has 0 saturated carbocycles. The van der Waals surface area contributed by atoms with Gasteiger partial charge in [0.25, 0.3) is 0 Å². The molecule has 62 valence electrons. The van der Waals surface area contributed by atoms with Crippen LogP contribution in [0.1, 0.15) is 13.8 Å². The van der Waals surface area contributed by atoms with Crippen LogP contribution in [0.2, 0.25) is 0 Å². The summed E-state index contributed by atoms with van der Waals surface area (Å²) in [5.74, 6) is 0.649. The van der Waals surface area contributed by atoms with Gasteiger partial charge in [-0.3, -0.25) is 0 Å². The van der Waals surface area contributed by atoms with Crippen molar-refractivity contribution in [2.75, 3.05) is 19.4 Å². The Morgan fingerprint density at radius 2 is 2.30 bits per heavy atom. The first kappa shape index (κ1) is 10.1. The van der Waals surface area contributed by atoms with E-state index < -0.39 is 11.0 Å². The van der Waals surface area contributed by atoms with E-state index in [1.54, 1.807) is 7.11 Å². The molecule has 0 amide bonds. The van der Waals surface area contributed by atoms with E-state index in [0.29, 0.717) is 12.3 Å². The Morgan fingerprint density at radius 3 is 2.70 bits per heavy atom. The zero-order valence-corrected chi connectivity index (χ0v) is 7.53. The highest BCUT2D eigenvalue weighted by atomic mass is 32.2. The van der Waals surface area contributed by atoms with Gasteiger partial charge in [0, 0.05) is 19.4 Å². The molecule has 0 rings (SSSR count). The van der Waals surface area contributed by atoms with Gasteiger partial charge in [0.2, 0.25) is 0 Å². The van der Waals surface area contributed by atoms with Crippen molar-refractivity contribution < 1.29 is 8.95 Å². The first-order valence-electron chi connectivity index (χ1n) is 3.35. The van der Waals surface area contributed by atoms with Crippen molar-refractivity contribution in [3.63, 3.8) is 0 Å². The van der Waals surface area contributed by atoms with Crippen molar-refractivity contribution in [1.82, 2.24) is 4.72 Å². The lowest BCUT2D eigenvalue weighted by Gasteiger charge is -2.08. The lowest BCUT2D eigenvalue weighted by atomic mass is 10.4. The highest BCUT2D eigenvalue weighted by Gasteiger charge is 1.99. The molecule has 0 radical (unpaired) electrons. The summed E-state index contributed by atoms with van der Waals surface area (Å²) in [6, 6.07) is 0. The van der Waals surface area contributed by atoms with Crippen molar-refractivity contribution in [2.24, 2.45) is 0 Å². The molecule has 4 heteroatoms. The fourth-order valence-corrected chi connectivity index (χ4v) is 1.02. The van der Waals surface area contributed by atoms with Crippen molar-refractivity contribution in [1.29, 1.82) is 0 Å². The van der Waals surface area contributed by atoms with Gasteiger partial charge in [0.1, 0.15) is 0 Å². The van der Waals surface area contributed by atoms with Crippen LogP contribution >= 0.6 is 0 Å². The molecular weight excluding hydrogens is 150 g/mol. The van der Waals surface area contributed by atoms with Crippen molar-refractivity contribution in [3.8, 4) is 0 Å². The van der Waals surface area contributed by atoms with Crippen LogP contribution < -0.4 is 4.72 Å². The Morgan fingerprint density at radius 1 is 1.70 bits per heavy atom. The molecule has 0 aromatic heterocycles. The Bertz CT molecular complexity index is 108. The summed E-state index contributed by atoms with van der Waals surface area (Å²) in [6.07, 6.45) is 0.135. The van der Waals surface area contributed by atoms with E-state index in [2.05, 4.69) is 4.72 Å². The van der Waals surface area contributed by atoms with Gasteiger partial charge >= 0.3 is 0 Å². The zero-order chi connectivity index (χ0) is 7.98. The largest absolute Gasteiger partial charge is 0.380 e. The quantitative estimate of drug-likeness (QED) is 0.636. The average Bonchev–Trinajstić information content (AvgIpc) is 1.99. The summed E-state index contributed by atoms with van der Waals surface area (Å²) >= 11 is 0. The van der Waals surface area contributed by atoms with E-state index in [-0.39, 0.29) is 6.10 Å². The van der Waals surface area contributed by atoms with Crippen molar-refractivity contribution in [3.05, 3.63) is 0 Å². The molecule has 2 unspecified atom stereocenters. The van der Waals surface area contributed by atoms with E-state index in [1.807, 2.05) is 13.8 Å². The molecule has 0 aliphatic rings. The van der Waals surface area contributed by atoms with Gasteiger partial charge in [0.05, 0.1) is 17.1 Å². The SMILES string of the molecule is CCS(=O)NCC(C)OC. The van der Waals surface area contributed by atoms with Gasteiger partial charge in [-0.15, -0.1) is 0 Å². The van der Waals surface area contributed by atoms with E-state index in [9.17, 15) is 4.21 Å². The second-order valence-electron chi connectivity index (χ2n) is 2.03. The van der Waals surface area contributed by atoms with E-state index in [0.717, 1.165) is 0 Å². The van der Waals surface area contributed by atoms with E-state index >= 15 is 0 Å². The van der Waals surface area contributed by atoms with Crippen LogP contribution in [-0.2, 0) is 15.7 Å². The van der Waals surface area contributed by atoms with E-state index in [1.165, 1.54) is 0 Å². The number of nitrogens with one attached hydrogen (secondary N) is 1. The molecule has 10 heavy (non-hydrogen) atoms. The Hall–Kier alpha value is 0.0700. The minimum absolute atomic E-state index is 0.135. The fraction of sp³-hybridized carbons (Fsp3) is 1.00. The molecule has 2 atom stereocenters. The summed E-state index contributed by atoms with van der Waals surface area (Å²) in [5, 5.41) is 0. The molecule has 0 spiro atoms. The summed E-state index contributed by atoms with van der Waals surface area (Å²) in [5.41, 5.74) is 0. The highest BCUT2D eigenvalue weighted by Crippen LogP contribution is 1.84.